The number of guanidine groups is 1. The average molecular weight is 485 g/mol. The standard InChI is InChI=1S/C20H31N5O.HI/c1-14-8-7-9-16-15(12-23-18(14)16)10-11-22-19(21-5)25(6)13-17(26)24-20(2,3)4;/h7-9,12,23H,10-11,13H2,1-6H3,(H,21,22)(H,24,26);1H. The van der Waals surface area contributed by atoms with Crippen LogP contribution in [0.1, 0.15) is 31.9 Å². The van der Waals surface area contributed by atoms with E-state index in [0.717, 1.165) is 13.0 Å². The molecule has 1 aromatic carbocycles. The van der Waals surface area contributed by atoms with Gasteiger partial charge in [-0.05, 0) is 45.2 Å². The summed E-state index contributed by atoms with van der Waals surface area (Å²) in [6.45, 7) is 9.05. The number of benzene rings is 1. The molecular weight excluding hydrogens is 453 g/mol. The number of nitrogens with one attached hydrogen (secondary N) is 3. The van der Waals surface area contributed by atoms with Gasteiger partial charge in [0.1, 0.15) is 0 Å². The zero-order chi connectivity index (χ0) is 19.3. The molecule has 0 aliphatic heterocycles. The molecule has 0 aliphatic carbocycles. The Morgan fingerprint density at radius 1 is 1.30 bits per heavy atom. The molecule has 27 heavy (non-hydrogen) atoms. The Hall–Kier alpha value is -1.77. The summed E-state index contributed by atoms with van der Waals surface area (Å²) < 4.78 is 0. The zero-order valence-electron chi connectivity index (χ0n) is 17.1. The van der Waals surface area contributed by atoms with Crippen molar-refractivity contribution in [1.29, 1.82) is 0 Å². The number of carbonyl (C=O) groups is 1. The number of hydrogen-bond donors (Lipinski definition) is 3. The number of aromatic nitrogens is 1. The number of aliphatic imine (C=N–C) groups is 1. The van der Waals surface area contributed by atoms with E-state index in [1.807, 2.05) is 32.7 Å². The van der Waals surface area contributed by atoms with Crippen LogP contribution >= 0.6 is 24.0 Å². The fraction of sp³-hybridized carbons (Fsp3) is 0.500. The minimum Gasteiger partial charge on any atom is -0.361 e. The predicted molar refractivity (Wildman–Crippen MR) is 124 cm³/mol. The third kappa shape index (κ3) is 6.71. The molecule has 7 heteroatoms. The van der Waals surface area contributed by atoms with Gasteiger partial charge in [-0.1, -0.05) is 18.2 Å². The Kier molecular flexibility index (Phi) is 8.59. The molecule has 0 radical (unpaired) electrons. The van der Waals surface area contributed by atoms with Crippen molar-refractivity contribution in [2.24, 2.45) is 4.99 Å². The average Bonchev–Trinajstić information content (AvgIpc) is 2.94. The lowest BCUT2D eigenvalue weighted by Gasteiger charge is -2.25. The summed E-state index contributed by atoms with van der Waals surface area (Å²) in [7, 11) is 3.60. The molecule has 0 atom stereocenters. The number of H-pyrrole nitrogens is 1. The second-order valence-electron chi connectivity index (χ2n) is 7.69. The molecule has 3 N–H and O–H groups in total. The third-order valence-electron chi connectivity index (χ3n) is 4.16. The Bertz CT molecular complexity index is 791. The molecule has 0 saturated carbocycles. The second-order valence-corrected chi connectivity index (χ2v) is 7.69. The number of rotatable bonds is 5. The van der Waals surface area contributed by atoms with E-state index in [9.17, 15) is 4.79 Å². The lowest BCUT2D eigenvalue weighted by Crippen LogP contribution is -2.49. The van der Waals surface area contributed by atoms with Crippen LogP contribution in [0.2, 0.25) is 0 Å². The van der Waals surface area contributed by atoms with Crippen molar-refractivity contribution >= 4 is 46.7 Å². The highest BCUT2D eigenvalue weighted by molar-refractivity contribution is 14.0. The quantitative estimate of drug-likeness (QED) is 0.347. The molecule has 2 rings (SSSR count). The van der Waals surface area contributed by atoms with Crippen molar-refractivity contribution in [3.63, 3.8) is 0 Å². The topological polar surface area (TPSA) is 72.5 Å². The van der Waals surface area contributed by atoms with Crippen LogP contribution in [0.25, 0.3) is 10.9 Å². The molecule has 0 fully saturated rings. The van der Waals surface area contributed by atoms with E-state index in [1.165, 1.54) is 22.0 Å². The van der Waals surface area contributed by atoms with Gasteiger partial charge in [-0.15, -0.1) is 24.0 Å². The maximum Gasteiger partial charge on any atom is 0.240 e. The van der Waals surface area contributed by atoms with E-state index >= 15 is 0 Å². The molecule has 2 aromatic rings. The minimum absolute atomic E-state index is 0. The fourth-order valence-corrected chi connectivity index (χ4v) is 3.01. The van der Waals surface area contributed by atoms with Crippen molar-refractivity contribution in [3.05, 3.63) is 35.5 Å². The van der Waals surface area contributed by atoms with Crippen LogP contribution in [0, 0.1) is 6.92 Å². The van der Waals surface area contributed by atoms with E-state index in [-0.39, 0.29) is 42.0 Å². The summed E-state index contributed by atoms with van der Waals surface area (Å²) >= 11 is 0. The molecule has 0 unspecified atom stereocenters. The molecule has 1 heterocycles. The molecular formula is C20H32IN5O. The van der Waals surface area contributed by atoms with E-state index in [2.05, 4.69) is 51.9 Å². The number of nitrogens with zero attached hydrogens (tertiary/aromatic N) is 2. The van der Waals surface area contributed by atoms with Crippen LogP contribution in [0.4, 0.5) is 0 Å². The van der Waals surface area contributed by atoms with Gasteiger partial charge in [-0.25, -0.2) is 0 Å². The molecule has 0 aliphatic rings. The Morgan fingerprint density at radius 2 is 2.00 bits per heavy atom. The van der Waals surface area contributed by atoms with Gasteiger partial charge in [0.05, 0.1) is 6.54 Å². The largest absolute Gasteiger partial charge is 0.361 e. The number of carbonyl (C=O) groups excluding carboxylic acids is 1. The first kappa shape index (κ1) is 23.3. The van der Waals surface area contributed by atoms with Gasteiger partial charge in [0, 0.05) is 43.3 Å². The summed E-state index contributed by atoms with van der Waals surface area (Å²) in [5, 5.41) is 7.57. The van der Waals surface area contributed by atoms with Gasteiger partial charge < -0.3 is 20.5 Å². The number of likely N-dealkylation sites (N-methyl/N-ethyl adjacent to an activating group) is 1. The van der Waals surface area contributed by atoms with Gasteiger partial charge in [0.25, 0.3) is 0 Å². The van der Waals surface area contributed by atoms with Crippen molar-refractivity contribution in [3.8, 4) is 0 Å². The third-order valence-corrected chi connectivity index (χ3v) is 4.16. The monoisotopic (exact) mass is 485 g/mol. The smallest absolute Gasteiger partial charge is 0.240 e. The molecule has 6 nitrogen and oxygen atoms in total. The van der Waals surface area contributed by atoms with Crippen molar-refractivity contribution in [1.82, 2.24) is 20.5 Å². The summed E-state index contributed by atoms with van der Waals surface area (Å²) in [4.78, 5) is 21.6. The van der Waals surface area contributed by atoms with Gasteiger partial charge in [0.15, 0.2) is 5.96 Å². The maximum atomic E-state index is 12.1. The first-order chi connectivity index (χ1) is 12.2. The first-order valence-electron chi connectivity index (χ1n) is 8.99. The Morgan fingerprint density at radius 3 is 2.63 bits per heavy atom. The predicted octanol–water partition coefficient (Wildman–Crippen LogP) is 3.06. The Labute approximate surface area is 179 Å². The highest BCUT2D eigenvalue weighted by Gasteiger charge is 2.16. The highest BCUT2D eigenvalue weighted by Crippen LogP contribution is 2.21. The highest BCUT2D eigenvalue weighted by atomic mass is 127. The lowest BCUT2D eigenvalue weighted by molar-refractivity contribution is -0.122. The SMILES string of the molecule is CN=C(NCCc1c[nH]c2c(C)cccc12)N(C)CC(=O)NC(C)(C)C.I. The van der Waals surface area contributed by atoms with Gasteiger partial charge in [-0.2, -0.15) is 0 Å². The molecule has 1 amide bonds. The van der Waals surface area contributed by atoms with Gasteiger partial charge >= 0.3 is 0 Å². The van der Waals surface area contributed by atoms with Crippen LogP contribution in [-0.4, -0.2) is 54.5 Å². The number of amides is 1. The number of fused-ring (bicyclic) bond motifs is 1. The zero-order valence-corrected chi connectivity index (χ0v) is 19.5. The van der Waals surface area contributed by atoms with Crippen LogP contribution in [-0.2, 0) is 11.2 Å². The number of aromatic amines is 1. The van der Waals surface area contributed by atoms with Crippen LogP contribution in [0.15, 0.2) is 29.4 Å². The Balaban J connectivity index is 0.00000364. The van der Waals surface area contributed by atoms with Gasteiger partial charge in [0.2, 0.25) is 5.91 Å². The molecule has 1 aromatic heterocycles. The normalized spacial score (nSPS) is 11.9. The van der Waals surface area contributed by atoms with E-state index in [0.29, 0.717) is 5.96 Å². The van der Waals surface area contributed by atoms with E-state index in [4.69, 9.17) is 0 Å². The number of para-hydroxylation sites is 1. The van der Waals surface area contributed by atoms with Crippen LogP contribution < -0.4 is 10.6 Å². The summed E-state index contributed by atoms with van der Waals surface area (Å²) in [5.41, 5.74) is 3.49. The van der Waals surface area contributed by atoms with E-state index in [1.54, 1.807) is 7.05 Å². The lowest BCUT2D eigenvalue weighted by atomic mass is 10.1. The van der Waals surface area contributed by atoms with Crippen LogP contribution in [0.5, 0.6) is 0 Å². The molecule has 0 spiro atoms. The second kappa shape index (κ2) is 9.96. The molecule has 0 bridgehead atoms. The first-order valence-corrected chi connectivity index (χ1v) is 8.99. The van der Waals surface area contributed by atoms with Crippen molar-refractivity contribution in [2.45, 2.75) is 39.7 Å². The minimum atomic E-state index is -0.234. The summed E-state index contributed by atoms with van der Waals surface area (Å²) in [6.07, 6.45) is 2.95. The fourth-order valence-electron chi connectivity index (χ4n) is 3.01. The van der Waals surface area contributed by atoms with Gasteiger partial charge in [-0.3, -0.25) is 9.79 Å². The summed E-state index contributed by atoms with van der Waals surface area (Å²) in [6, 6.07) is 6.34. The van der Waals surface area contributed by atoms with Crippen molar-refractivity contribution < 1.29 is 4.79 Å². The van der Waals surface area contributed by atoms with Crippen LogP contribution in [0.3, 0.4) is 0 Å². The number of halogens is 1. The van der Waals surface area contributed by atoms with Crippen molar-refractivity contribution in [2.75, 3.05) is 27.2 Å². The maximum absolute atomic E-state index is 12.1. The number of hydrogen-bond acceptors (Lipinski definition) is 2. The molecule has 150 valence electrons. The number of aryl methyl sites for hydroxylation is 1. The molecule has 0 saturated heterocycles. The van der Waals surface area contributed by atoms with E-state index < -0.39 is 0 Å². The summed E-state index contributed by atoms with van der Waals surface area (Å²) in [5.74, 6) is 0.695.